The van der Waals surface area contributed by atoms with E-state index in [0.717, 1.165) is 33.2 Å². The smallest absolute Gasteiger partial charge is 0.167 e. The number of carbonyl (C=O) groups excluding carboxylic acids is 1. The van der Waals surface area contributed by atoms with Gasteiger partial charge in [0.1, 0.15) is 0 Å². The maximum absolute atomic E-state index is 13.3. The van der Waals surface area contributed by atoms with Crippen LogP contribution in [-0.2, 0) is 11.2 Å². The standard InChI is InChI=1S/C25H19NO/c27-24(18-22-14-7-13-21-15-8-16-26-25(21)22)23(20-11-5-2-6-12-20)17-19-9-3-1-4-10-19/h1-17H,18H2/b23-17+. The van der Waals surface area contributed by atoms with Crippen LogP contribution in [0.25, 0.3) is 22.6 Å². The minimum atomic E-state index is 0.0863. The van der Waals surface area contributed by atoms with Gasteiger partial charge in [-0.2, -0.15) is 0 Å². The van der Waals surface area contributed by atoms with Crippen LogP contribution in [0.1, 0.15) is 16.7 Å². The Bertz CT molecular complexity index is 1090. The molecule has 0 aliphatic heterocycles. The third-order valence-electron chi connectivity index (χ3n) is 4.56. The highest BCUT2D eigenvalue weighted by molar-refractivity contribution is 6.26. The molecule has 0 saturated carbocycles. The summed E-state index contributed by atoms with van der Waals surface area (Å²) < 4.78 is 0. The van der Waals surface area contributed by atoms with Crippen LogP contribution in [0.2, 0.25) is 0 Å². The summed E-state index contributed by atoms with van der Waals surface area (Å²) >= 11 is 0. The summed E-state index contributed by atoms with van der Waals surface area (Å²) in [5.41, 5.74) is 4.50. The Kier molecular flexibility index (Phi) is 4.88. The molecule has 27 heavy (non-hydrogen) atoms. The van der Waals surface area contributed by atoms with Crippen LogP contribution in [0.3, 0.4) is 0 Å². The van der Waals surface area contributed by atoms with Gasteiger partial charge in [0.25, 0.3) is 0 Å². The zero-order valence-corrected chi connectivity index (χ0v) is 14.9. The number of carbonyl (C=O) groups is 1. The highest BCUT2D eigenvalue weighted by atomic mass is 16.1. The van der Waals surface area contributed by atoms with Gasteiger partial charge in [0.05, 0.1) is 5.52 Å². The number of hydrogen-bond donors (Lipinski definition) is 0. The number of benzene rings is 3. The molecule has 0 aliphatic rings. The van der Waals surface area contributed by atoms with Gasteiger partial charge in [-0.25, -0.2) is 0 Å². The number of hydrogen-bond acceptors (Lipinski definition) is 2. The van der Waals surface area contributed by atoms with Gasteiger partial charge in [-0.1, -0.05) is 84.9 Å². The molecular formula is C25H19NO. The number of pyridine rings is 1. The third-order valence-corrected chi connectivity index (χ3v) is 4.56. The lowest BCUT2D eigenvalue weighted by molar-refractivity contribution is -0.113. The van der Waals surface area contributed by atoms with Crippen molar-refractivity contribution in [2.75, 3.05) is 0 Å². The summed E-state index contributed by atoms with van der Waals surface area (Å²) in [7, 11) is 0. The maximum Gasteiger partial charge on any atom is 0.167 e. The van der Waals surface area contributed by atoms with Crippen molar-refractivity contribution in [1.29, 1.82) is 0 Å². The average Bonchev–Trinajstić information content (AvgIpc) is 2.73. The van der Waals surface area contributed by atoms with E-state index in [9.17, 15) is 4.79 Å². The molecule has 130 valence electrons. The number of fused-ring (bicyclic) bond motifs is 1. The molecule has 0 spiro atoms. The lowest BCUT2D eigenvalue weighted by Gasteiger charge is -2.09. The number of para-hydroxylation sites is 1. The first kappa shape index (κ1) is 16.9. The SMILES string of the molecule is O=C(Cc1cccc2cccnc12)/C(=C/c1ccccc1)c1ccccc1. The molecule has 3 aromatic carbocycles. The fourth-order valence-electron chi connectivity index (χ4n) is 3.24. The van der Waals surface area contributed by atoms with Gasteiger partial charge in [0.15, 0.2) is 5.78 Å². The van der Waals surface area contributed by atoms with E-state index in [1.165, 1.54) is 0 Å². The molecule has 0 aliphatic carbocycles. The van der Waals surface area contributed by atoms with Crippen molar-refractivity contribution in [3.05, 3.63) is 114 Å². The highest BCUT2D eigenvalue weighted by Crippen LogP contribution is 2.23. The van der Waals surface area contributed by atoms with Gasteiger partial charge in [-0.3, -0.25) is 9.78 Å². The van der Waals surface area contributed by atoms with Gasteiger partial charge >= 0.3 is 0 Å². The zero-order chi connectivity index (χ0) is 18.5. The van der Waals surface area contributed by atoms with Crippen molar-refractivity contribution in [1.82, 2.24) is 4.98 Å². The summed E-state index contributed by atoms with van der Waals surface area (Å²) in [4.78, 5) is 17.7. The third kappa shape index (κ3) is 3.85. The van der Waals surface area contributed by atoms with E-state index in [4.69, 9.17) is 0 Å². The first-order valence-corrected chi connectivity index (χ1v) is 8.99. The van der Waals surface area contributed by atoms with Crippen molar-refractivity contribution in [2.45, 2.75) is 6.42 Å². The summed E-state index contributed by atoms with van der Waals surface area (Å²) in [5, 5.41) is 1.05. The number of allylic oxidation sites excluding steroid dienone is 1. The normalized spacial score (nSPS) is 11.5. The zero-order valence-electron chi connectivity index (χ0n) is 14.9. The van der Waals surface area contributed by atoms with Crippen LogP contribution in [0.5, 0.6) is 0 Å². The Morgan fingerprint density at radius 1 is 0.778 bits per heavy atom. The molecule has 1 aromatic heterocycles. The molecule has 0 radical (unpaired) electrons. The van der Waals surface area contributed by atoms with Crippen molar-refractivity contribution in [3.8, 4) is 0 Å². The van der Waals surface area contributed by atoms with Crippen LogP contribution in [0.4, 0.5) is 0 Å². The van der Waals surface area contributed by atoms with Crippen LogP contribution >= 0.6 is 0 Å². The number of rotatable bonds is 5. The van der Waals surface area contributed by atoms with E-state index >= 15 is 0 Å². The predicted molar refractivity (Wildman–Crippen MR) is 111 cm³/mol. The molecule has 0 unspecified atom stereocenters. The average molecular weight is 349 g/mol. The summed E-state index contributed by atoms with van der Waals surface area (Å²) in [6, 6.07) is 29.7. The second-order valence-corrected chi connectivity index (χ2v) is 6.43. The van der Waals surface area contributed by atoms with Gasteiger partial charge in [-0.05, 0) is 28.8 Å². The lowest BCUT2D eigenvalue weighted by Crippen LogP contribution is -2.07. The first-order valence-electron chi connectivity index (χ1n) is 8.99. The number of nitrogens with zero attached hydrogens (tertiary/aromatic N) is 1. The molecule has 2 heteroatoms. The van der Waals surface area contributed by atoms with Gasteiger partial charge in [0, 0.05) is 23.6 Å². The minimum absolute atomic E-state index is 0.0863. The Morgan fingerprint density at radius 2 is 1.48 bits per heavy atom. The Hall–Kier alpha value is -3.52. The summed E-state index contributed by atoms with van der Waals surface area (Å²) in [6.45, 7) is 0. The lowest BCUT2D eigenvalue weighted by atomic mass is 9.94. The van der Waals surface area contributed by atoms with Crippen LogP contribution in [0.15, 0.2) is 97.2 Å². The monoisotopic (exact) mass is 349 g/mol. The van der Waals surface area contributed by atoms with E-state index < -0.39 is 0 Å². The van der Waals surface area contributed by atoms with Crippen molar-refractivity contribution < 1.29 is 4.79 Å². The van der Waals surface area contributed by atoms with Gasteiger partial charge in [0.2, 0.25) is 0 Å². The van der Waals surface area contributed by atoms with Gasteiger partial charge in [-0.15, -0.1) is 0 Å². The Balaban J connectivity index is 1.74. The highest BCUT2D eigenvalue weighted by Gasteiger charge is 2.14. The fourth-order valence-corrected chi connectivity index (χ4v) is 3.24. The van der Waals surface area contributed by atoms with Crippen LogP contribution < -0.4 is 0 Å². The number of Topliss-reactive ketones (excluding diaryl/α,β-unsaturated/α-hetero) is 1. The molecule has 0 saturated heterocycles. The van der Waals surface area contributed by atoms with Crippen molar-refractivity contribution in [2.24, 2.45) is 0 Å². The van der Waals surface area contributed by atoms with Crippen molar-refractivity contribution in [3.63, 3.8) is 0 Å². The van der Waals surface area contributed by atoms with E-state index in [2.05, 4.69) is 4.98 Å². The molecule has 0 amide bonds. The summed E-state index contributed by atoms with van der Waals surface area (Å²) in [5.74, 6) is 0.0863. The molecule has 0 N–H and O–H groups in total. The fraction of sp³-hybridized carbons (Fsp3) is 0.0400. The van der Waals surface area contributed by atoms with E-state index in [0.29, 0.717) is 6.42 Å². The number of ketones is 1. The second-order valence-electron chi connectivity index (χ2n) is 6.43. The molecular weight excluding hydrogens is 330 g/mol. The molecule has 4 rings (SSSR count). The molecule has 4 aromatic rings. The Labute approximate surface area is 158 Å². The van der Waals surface area contributed by atoms with Crippen molar-refractivity contribution >= 4 is 28.3 Å². The minimum Gasteiger partial charge on any atom is -0.294 e. The molecule has 2 nitrogen and oxygen atoms in total. The van der Waals surface area contributed by atoms with E-state index in [1.54, 1.807) is 6.20 Å². The number of aromatic nitrogens is 1. The van der Waals surface area contributed by atoms with Crippen LogP contribution in [0, 0.1) is 0 Å². The summed E-state index contributed by atoms with van der Waals surface area (Å²) in [6.07, 6.45) is 4.06. The first-order chi connectivity index (χ1) is 13.3. The topological polar surface area (TPSA) is 30.0 Å². The predicted octanol–water partition coefficient (Wildman–Crippen LogP) is 5.59. The second kappa shape index (κ2) is 7.79. The molecule has 0 bridgehead atoms. The quantitative estimate of drug-likeness (QED) is 0.347. The van der Waals surface area contributed by atoms with Crippen LogP contribution in [-0.4, -0.2) is 10.8 Å². The Morgan fingerprint density at radius 3 is 2.26 bits per heavy atom. The largest absolute Gasteiger partial charge is 0.294 e. The molecule has 0 atom stereocenters. The molecule has 0 fully saturated rings. The maximum atomic E-state index is 13.3. The van der Waals surface area contributed by atoms with E-state index in [-0.39, 0.29) is 5.78 Å². The molecule has 1 heterocycles. The van der Waals surface area contributed by atoms with E-state index in [1.807, 2.05) is 97.1 Å². The van der Waals surface area contributed by atoms with Gasteiger partial charge < -0.3 is 0 Å².